The van der Waals surface area contributed by atoms with Gasteiger partial charge in [0.15, 0.2) is 0 Å². The molecular weight excluding hydrogens is 360 g/mol. The Balaban J connectivity index is 0.00000261. The van der Waals surface area contributed by atoms with Gasteiger partial charge < -0.3 is 11.1 Å². The van der Waals surface area contributed by atoms with Gasteiger partial charge in [0.25, 0.3) is 0 Å². The second-order valence-electron chi connectivity index (χ2n) is 10.4. The summed E-state index contributed by atoms with van der Waals surface area (Å²) in [5, 5.41) is 8.01. The molecule has 1 aromatic heterocycles. The van der Waals surface area contributed by atoms with Crippen LogP contribution in [-0.2, 0) is 15.7 Å². The van der Waals surface area contributed by atoms with Gasteiger partial charge in [0, 0.05) is 23.4 Å². The van der Waals surface area contributed by atoms with Crippen LogP contribution in [0.5, 0.6) is 0 Å². The highest BCUT2D eigenvalue weighted by Gasteiger charge is 2.40. The molecule has 6 heteroatoms. The van der Waals surface area contributed by atoms with E-state index in [1.54, 1.807) is 0 Å². The largest absolute Gasteiger partial charge is 0.327 e. The highest BCUT2D eigenvalue weighted by atomic mass is 35.5. The van der Waals surface area contributed by atoms with Crippen molar-refractivity contribution >= 4 is 24.1 Å². The van der Waals surface area contributed by atoms with E-state index < -0.39 is 0 Å². The van der Waals surface area contributed by atoms with Gasteiger partial charge in [0.1, 0.15) is 5.82 Å². The minimum atomic E-state index is -0.183. The lowest BCUT2D eigenvalue weighted by atomic mass is 9.65. The van der Waals surface area contributed by atoms with Crippen LogP contribution in [0, 0.1) is 17.8 Å². The number of nitrogens with zero attached hydrogens (tertiary/aromatic N) is 2. The number of aromatic nitrogens is 2. The van der Waals surface area contributed by atoms with Gasteiger partial charge in [-0.25, -0.2) is 4.68 Å². The Kier molecular flexibility index (Phi) is 6.38. The number of hydrogen-bond donors (Lipinski definition) is 2. The molecule has 0 aliphatic heterocycles. The molecule has 0 aromatic carbocycles. The average Bonchev–Trinajstić information content (AvgIpc) is 2.91. The van der Waals surface area contributed by atoms with Crippen LogP contribution in [0.4, 0.5) is 5.82 Å². The van der Waals surface area contributed by atoms with Crippen molar-refractivity contribution in [1.29, 1.82) is 0 Å². The number of fused-ring (bicyclic) bond motifs is 2. The molecular formula is C21H37ClN4O. The summed E-state index contributed by atoms with van der Waals surface area (Å²) in [6.45, 7) is 12.8. The predicted molar refractivity (Wildman–Crippen MR) is 113 cm³/mol. The normalized spacial score (nSPS) is 28.4. The molecule has 27 heavy (non-hydrogen) atoms. The molecule has 3 N–H and O–H groups in total. The van der Waals surface area contributed by atoms with Crippen molar-refractivity contribution in [3.63, 3.8) is 0 Å². The smallest absolute Gasteiger partial charge is 0.228 e. The number of anilines is 1. The highest BCUT2D eigenvalue weighted by Crippen LogP contribution is 2.42. The average molecular weight is 397 g/mol. The van der Waals surface area contributed by atoms with Crippen molar-refractivity contribution in [2.24, 2.45) is 23.5 Å². The first-order valence-electron chi connectivity index (χ1n) is 10.1. The van der Waals surface area contributed by atoms with Crippen LogP contribution < -0.4 is 11.1 Å². The molecule has 2 aliphatic carbocycles. The van der Waals surface area contributed by atoms with Gasteiger partial charge >= 0.3 is 0 Å². The van der Waals surface area contributed by atoms with E-state index in [1.165, 1.54) is 19.3 Å². The summed E-state index contributed by atoms with van der Waals surface area (Å²) >= 11 is 0. The van der Waals surface area contributed by atoms with Crippen LogP contribution >= 0.6 is 12.4 Å². The van der Waals surface area contributed by atoms with Gasteiger partial charge in [-0.15, -0.1) is 12.4 Å². The Labute approximate surface area is 170 Å². The Bertz CT molecular complexity index is 657. The third kappa shape index (κ3) is 4.68. The first-order valence-corrected chi connectivity index (χ1v) is 10.1. The van der Waals surface area contributed by atoms with E-state index >= 15 is 0 Å². The summed E-state index contributed by atoms with van der Waals surface area (Å²) < 4.78 is 1.96. The van der Waals surface area contributed by atoms with Gasteiger partial charge in [-0.2, -0.15) is 5.10 Å². The van der Waals surface area contributed by atoms with Crippen molar-refractivity contribution in [2.75, 3.05) is 5.32 Å². The second kappa shape index (κ2) is 7.75. The molecule has 1 heterocycles. The van der Waals surface area contributed by atoms with E-state index in [0.29, 0.717) is 17.9 Å². The minimum absolute atomic E-state index is 0. The molecule has 0 spiro atoms. The molecule has 2 unspecified atom stereocenters. The predicted octanol–water partition coefficient (Wildman–Crippen LogP) is 4.45. The summed E-state index contributed by atoms with van der Waals surface area (Å²) in [5.74, 6) is 2.05. The fourth-order valence-electron chi connectivity index (χ4n) is 4.58. The Hall–Kier alpha value is -1.07. The molecule has 1 amide bonds. The van der Waals surface area contributed by atoms with Crippen molar-refractivity contribution in [2.45, 2.75) is 90.6 Å². The van der Waals surface area contributed by atoms with Gasteiger partial charge in [0.2, 0.25) is 5.91 Å². The summed E-state index contributed by atoms with van der Waals surface area (Å²) in [4.78, 5) is 13.1. The molecule has 2 fully saturated rings. The van der Waals surface area contributed by atoms with Crippen LogP contribution in [0.2, 0.25) is 0 Å². The van der Waals surface area contributed by atoms with Crippen LogP contribution in [0.15, 0.2) is 6.07 Å². The molecule has 3 rings (SSSR count). The zero-order valence-corrected chi connectivity index (χ0v) is 18.5. The number of carbonyl (C=O) groups is 1. The van der Waals surface area contributed by atoms with E-state index in [1.807, 2.05) is 10.7 Å². The molecule has 5 nitrogen and oxygen atoms in total. The monoisotopic (exact) mass is 396 g/mol. The van der Waals surface area contributed by atoms with E-state index in [4.69, 9.17) is 10.8 Å². The third-order valence-electron chi connectivity index (χ3n) is 6.15. The maximum Gasteiger partial charge on any atom is 0.228 e. The number of hydrogen-bond acceptors (Lipinski definition) is 3. The minimum Gasteiger partial charge on any atom is -0.327 e. The van der Waals surface area contributed by atoms with Crippen LogP contribution in [0.1, 0.15) is 79.3 Å². The molecule has 2 saturated carbocycles. The molecule has 2 atom stereocenters. The summed E-state index contributed by atoms with van der Waals surface area (Å²) in [5.41, 5.74) is 7.16. The molecule has 0 saturated heterocycles. The number of nitrogens with two attached hydrogens (primary N) is 1. The fraction of sp³-hybridized carbons (Fsp3) is 0.810. The van der Waals surface area contributed by atoms with E-state index in [2.05, 4.69) is 46.9 Å². The van der Waals surface area contributed by atoms with E-state index in [9.17, 15) is 4.79 Å². The molecule has 154 valence electrons. The Morgan fingerprint density at radius 1 is 1.15 bits per heavy atom. The third-order valence-corrected chi connectivity index (χ3v) is 6.15. The number of rotatable bonds is 2. The first-order chi connectivity index (χ1) is 12.0. The molecule has 1 aromatic rings. The zero-order valence-electron chi connectivity index (χ0n) is 17.7. The standard InChI is InChI=1S/C21H36N4O.ClH/c1-20(2,3)16-12-17(25(24-16)21(4,5)6)23-19(26)15-10-13-8-7-9-14(11-15)18(13)22;/h12-15,18H,7-11,22H2,1-6H3,(H,23,26);1H. The lowest BCUT2D eigenvalue weighted by molar-refractivity contribution is -0.122. The summed E-state index contributed by atoms with van der Waals surface area (Å²) in [7, 11) is 0. The lowest BCUT2D eigenvalue weighted by Crippen LogP contribution is -2.48. The molecule has 2 bridgehead atoms. The quantitative estimate of drug-likeness (QED) is 0.775. The van der Waals surface area contributed by atoms with Gasteiger partial charge in [0.05, 0.1) is 11.2 Å². The van der Waals surface area contributed by atoms with E-state index in [0.717, 1.165) is 24.4 Å². The first kappa shape index (κ1) is 22.2. The van der Waals surface area contributed by atoms with Crippen molar-refractivity contribution < 1.29 is 4.79 Å². The Morgan fingerprint density at radius 2 is 1.70 bits per heavy atom. The number of nitrogens with one attached hydrogen (secondary N) is 1. The van der Waals surface area contributed by atoms with Gasteiger partial charge in [-0.05, 0) is 58.3 Å². The second-order valence-corrected chi connectivity index (χ2v) is 10.4. The van der Waals surface area contributed by atoms with E-state index in [-0.39, 0.29) is 35.2 Å². The van der Waals surface area contributed by atoms with Gasteiger partial charge in [-0.1, -0.05) is 27.2 Å². The van der Waals surface area contributed by atoms with Crippen molar-refractivity contribution in [1.82, 2.24) is 9.78 Å². The molecule has 0 radical (unpaired) electrons. The van der Waals surface area contributed by atoms with Crippen molar-refractivity contribution in [3.8, 4) is 0 Å². The summed E-state index contributed by atoms with van der Waals surface area (Å²) in [6, 6.07) is 2.33. The number of halogens is 1. The number of amides is 1. The maximum atomic E-state index is 13.1. The molecule has 2 aliphatic rings. The SMILES string of the molecule is CC(C)(C)c1cc(NC(=O)C2CC3CCCC(C2)C3N)n(C(C)(C)C)n1.Cl. The lowest BCUT2D eigenvalue weighted by Gasteiger charge is -2.43. The number of carbonyl (C=O) groups excluding carboxylic acids is 1. The maximum absolute atomic E-state index is 13.1. The van der Waals surface area contributed by atoms with Crippen LogP contribution in [-0.4, -0.2) is 21.7 Å². The van der Waals surface area contributed by atoms with Crippen molar-refractivity contribution in [3.05, 3.63) is 11.8 Å². The Morgan fingerprint density at radius 3 is 2.19 bits per heavy atom. The van der Waals surface area contributed by atoms with Crippen LogP contribution in [0.3, 0.4) is 0 Å². The fourth-order valence-corrected chi connectivity index (χ4v) is 4.58. The zero-order chi connectivity index (χ0) is 19.3. The van der Waals surface area contributed by atoms with Gasteiger partial charge in [-0.3, -0.25) is 4.79 Å². The highest BCUT2D eigenvalue weighted by molar-refractivity contribution is 5.92. The van der Waals surface area contributed by atoms with Crippen LogP contribution in [0.25, 0.3) is 0 Å². The topological polar surface area (TPSA) is 72.9 Å². The summed E-state index contributed by atoms with van der Waals surface area (Å²) in [6.07, 6.45) is 5.48.